The Hall–Kier alpha value is -2.77. The van der Waals surface area contributed by atoms with E-state index in [2.05, 4.69) is 17.2 Å². The average Bonchev–Trinajstić information content (AvgIpc) is 3.02. The van der Waals surface area contributed by atoms with Crippen LogP contribution < -0.4 is 0 Å². The van der Waals surface area contributed by atoms with Crippen molar-refractivity contribution in [3.05, 3.63) is 53.1 Å². The number of carboxylic acids is 1. The lowest BCUT2D eigenvalue weighted by Crippen LogP contribution is -2.44. The Morgan fingerprint density at radius 2 is 1.81 bits per heavy atom. The Labute approximate surface area is 186 Å². The van der Waals surface area contributed by atoms with E-state index in [1.807, 2.05) is 6.07 Å². The van der Waals surface area contributed by atoms with Gasteiger partial charge in [-0.2, -0.15) is 5.11 Å². The van der Waals surface area contributed by atoms with E-state index < -0.39 is 18.2 Å². The van der Waals surface area contributed by atoms with E-state index in [0.29, 0.717) is 29.6 Å². The van der Waals surface area contributed by atoms with Crippen LogP contribution in [0.1, 0.15) is 60.0 Å². The predicted octanol–water partition coefficient (Wildman–Crippen LogP) is 4.69. The van der Waals surface area contributed by atoms with E-state index >= 15 is 0 Å². The van der Waals surface area contributed by atoms with Crippen LogP contribution in [0.15, 0.2) is 46.6 Å². The topological polar surface area (TPSA) is 123 Å². The number of hydrogen-bond donors (Lipinski definition) is 4. The number of fused-ring (bicyclic) bond motifs is 5. The number of nitrogens with zero attached hydrogens (tertiary/aromatic N) is 2. The molecule has 7 nitrogen and oxygen atoms in total. The van der Waals surface area contributed by atoms with Crippen LogP contribution in [0.3, 0.4) is 0 Å². The lowest BCUT2D eigenvalue weighted by atomic mass is 9.55. The molecule has 5 rings (SSSR count). The Morgan fingerprint density at radius 1 is 1.06 bits per heavy atom. The first-order valence-electron chi connectivity index (χ1n) is 11.3. The van der Waals surface area contributed by atoms with Crippen molar-refractivity contribution in [1.29, 1.82) is 0 Å². The van der Waals surface area contributed by atoms with Crippen molar-refractivity contribution in [3.63, 3.8) is 0 Å². The summed E-state index contributed by atoms with van der Waals surface area (Å²) >= 11 is 0. The van der Waals surface area contributed by atoms with Crippen molar-refractivity contribution in [2.75, 3.05) is 0 Å². The molecule has 2 aromatic rings. The van der Waals surface area contributed by atoms with E-state index in [1.165, 1.54) is 17.7 Å². The maximum atomic E-state index is 11.0. The Morgan fingerprint density at radius 3 is 2.53 bits per heavy atom. The molecule has 0 saturated heterocycles. The molecule has 0 heterocycles. The van der Waals surface area contributed by atoms with Gasteiger partial charge in [0.25, 0.3) is 0 Å². The first-order valence-corrected chi connectivity index (χ1v) is 11.3. The smallest absolute Gasteiger partial charge is 0.335 e. The summed E-state index contributed by atoms with van der Waals surface area (Å²) in [6.45, 7) is 2.12. The van der Waals surface area contributed by atoms with Gasteiger partial charge in [0.2, 0.25) is 0 Å². The highest BCUT2D eigenvalue weighted by Gasteiger charge is 2.57. The molecule has 0 bridgehead atoms. The van der Waals surface area contributed by atoms with Gasteiger partial charge in [-0.05, 0) is 96.7 Å². The molecular weight excluding hydrogens is 408 g/mol. The Bertz CT molecular complexity index is 1080. The molecule has 32 heavy (non-hydrogen) atoms. The highest BCUT2D eigenvalue weighted by Crippen LogP contribution is 2.61. The highest BCUT2D eigenvalue weighted by atomic mass is 16.4. The van der Waals surface area contributed by atoms with Crippen molar-refractivity contribution < 1.29 is 25.2 Å². The molecule has 168 valence electrons. The summed E-state index contributed by atoms with van der Waals surface area (Å²) in [6, 6.07) is 9.81. The highest BCUT2D eigenvalue weighted by molar-refractivity contribution is 5.87. The van der Waals surface area contributed by atoms with Gasteiger partial charge in [0, 0.05) is 0 Å². The number of phenols is 1. The van der Waals surface area contributed by atoms with Gasteiger partial charge < -0.3 is 20.4 Å². The molecule has 3 unspecified atom stereocenters. The quantitative estimate of drug-likeness (QED) is 0.520. The van der Waals surface area contributed by atoms with Crippen LogP contribution in [0, 0.1) is 17.3 Å². The third-order valence-electron chi connectivity index (χ3n) is 8.21. The second kappa shape index (κ2) is 7.67. The zero-order valence-electron chi connectivity index (χ0n) is 18.0. The predicted molar refractivity (Wildman–Crippen MR) is 118 cm³/mol. The lowest BCUT2D eigenvalue weighted by molar-refractivity contribution is -0.0505. The number of aliphatic hydroxyl groups excluding tert-OH is 2. The van der Waals surface area contributed by atoms with Gasteiger partial charge in [0.1, 0.15) is 11.4 Å². The van der Waals surface area contributed by atoms with Crippen LogP contribution in [0.2, 0.25) is 0 Å². The van der Waals surface area contributed by atoms with E-state index in [0.717, 1.165) is 31.2 Å². The van der Waals surface area contributed by atoms with Crippen molar-refractivity contribution >= 4 is 17.3 Å². The number of benzene rings is 2. The molecule has 0 radical (unpaired) electrons. The summed E-state index contributed by atoms with van der Waals surface area (Å²) in [4.78, 5) is 11.0. The van der Waals surface area contributed by atoms with Crippen molar-refractivity contribution in [2.45, 2.75) is 57.2 Å². The number of hydrogen-bond acceptors (Lipinski definition) is 6. The molecule has 3 aliphatic rings. The average molecular weight is 437 g/mol. The summed E-state index contributed by atoms with van der Waals surface area (Å²) in [7, 11) is 0. The monoisotopic (exact) mass is 436 g/mol. The van der Waals surface area contributed by atoms with Crippen molar-refractivity contribution in [2.24, 2.45) is 27.5 Å². The number of aliphatic hydroxyl groups is 2. The third kappa shape index (κ3) is 3.22. The molecule has 3 aliphatic carbocycles. The minimum atomic E-state index is -0.997. The van der Waals surface area contributed by atoms with E-state index in [4.69, 9.17) is 5.11 Å². The number of azo groups is 1. The van der Waals surface area contributed by atoms with Crippen molar-refractivity contribution in [1.82, 2.24) is 0 Å². The number of carbonyl (C=O) groups is 1. The van der Waals surface area contributed by atoms with Gasteiger partial charge in [0.05, 0.1) is 23.5 Å². The van der Waals surface area contributed by atoms with Gasteiger partial charge in [-0.3, -0.25) is 0 Å². The van der Waals surface area contributed by atoms with Crippen molar-refractivity contribution in [3.8, 4) is 5.75 Å². The summed E-state index contributed by atoms with van der Waals surface area (Å²) in [6.07, 6.45) is 2.82. The molecular formula is C25H28N2O5. The van der Waals surface area contributed by atoms with Crippen LogP contribution >= 0.6 is 0 Å². The standard InChI is InChI=1S/C25H28N2O5/c1-25-11-10-16-15-8-9-20(28)22(27-26-14-4-2-13(3-5-14)24(31)32)18(15)7-6-17(16)19(25)12-21(29)23(25)30/h2-5,8-9,16-17,19,21,23,28-30H,6-7,10-12H2,1H3,(H,31,32)/t16?,17?,19?,21-,23+,25+/m1/s1. The summed E-state index contributed by atoms with van der Waals surface area (Å²) in [5.74, 6) is 0.0832. The molecule has 0 amide bonds. The number of rotatable bonds is 3. The first kappa shape index (κ1) is 21.1. The molecule has 0 aromatic heterocycles. The third-order valence-corrected chi connectivity index (χ3v) is 8.21. The number of carboxylic acid groups (broad SMARTS) is 1. The second-order valence-corrected chi connectivity index (χ2v) is 9.76. The Balaban J connectivity index is 1.45. The minimum absolute atomic E-state index is 0.0838. The summed E-state index contributed by atoms with van der Waals surface area (Å²) in [5, 5.41) is 49.1. The van der Waals surface area contributed by atoms with Crippen LogP contribution in [0.25, 0.3) is 0 Å². The molecule has 6 atom stereocenters. The molecule has 2 fully saturated rings. The van der Waals surface area contributed by atoms with Crippen LogP contribution in [-0.2, 0) is 6.42 Å². The molecule has 2 saturated carbocycles. The molecule has 2 aromatic carbocycles. The first-order chi connectivity index (χ1) is 15.3. The van der Waals surface area contributed by atoms with Gasteiger partial charge in [0.15, 0.2) is 0 Å². The number of phenolic OH excluding ortho intramolecular Hbond substituents is 1. The molecule has 0 spiro atoms. The second-order valence-electron chi connectivity index (χ2n) is 9.76. The van der Waals surface area contributed by atoms with Gasteiger partial charge in [-0.15, -0.1) is 5.11 Å². The lowest BCUT2D eigenvalue weighted by Gasteiger charge is -2.50. The number of aromatic carboxylic acids is 1. The molecule has 0 aliphatic heterocycles. The molecule has 7 heteroatoms. The fraction of sp³-hybridized carbons (Fsp3) is 0.480. The molecule has 4 N–H and O–H groups in total. The van der Waals surface area contributed by atoms with E-state index in [-0.39, 0.29) is 22.6 Å². The fourth-order valence-corrected chi connectivity index (χ4v) is 6.51. The fourth-order valence-electron chi connectivity index (χ4n) is 6.51. The van der Waals surface area contributed by atoms with Crippen LogP contribution in [-0.4, -0.2) is 38.6 Å². The normalized spacial score (nSPS) is 33.5. The SMILES string of the molecule is C[C@]12CCC3c4ccc(O)c(N=Nc5ccc(C(=O)O)cc5)c4CCC3C1C[C@@H](O)[C@@H]2O. The van der Waals surface area contributed by atoms with Gasteiger partial charge in [-0.25, -0.2) is 4.79 Å². The summed E-state index contributed by atoms with van der Waals surface area (Å²) < 4.78 is 0. The Kier molecular flexibility index (Phi) is 5.06. The number of aromatic hydroxyl groups is 1. The van der Waals surface area contributed by atoms with Crippen LogP contribution in [0.5, 0.6) is 5.75 Å². The largest absolute Gasteiger partial charge is 0.506 e. The zero-order chi connectivity index (χ0) is 22.6. The maximum Gasteiger partial charge on any atom is 0.335 e. The maximum absolute atomic E-state index is 11.0. The van der Waals surface area contributed by atoms with E-state index in [1.54, 1.807) is 18.2 Å². The van der Waals surface area contributed by atoms with Crippen LogP contribution in [0.4, 0.5) is 11.4 Å². The minimum Gasteiger partial charge on any atom is -0.506 e. The van der Waals surface area contributed by atoms with Gasteiger partial charge >= 0.3 is 5.97 Å². The van der Waals surface area contributed by atoms with E-state index in [9.17, 15) is 20.1 Å². The zero-order valence-corrected chi connectivity index (χ0v) is 18.0. The summed E-state index contributed by atoms with van der Waals surface area (Å²) in [5.41, 5.74) is 3.14. The van der Waals surface area contributed by atoms with Gasteiger partial charge in [-0.1, -0.05) is 13.0 Å².